The van der Waals surface area contributed by atoms with Gasteiger partial charge in [0.15, 0.2) is 0 Å². The van der Waals surface area contributed by atoms with Gasteiger partial charge in [-0.3, -0.25) is 9.69 Å². The standard InChI is InChI=1S/C21H31N5O2S/c1-17(21(27)26-10-3-2-4-11-26)25-14-12-24(13-15-25)9-5-8-19-22-20(23-28-19)18-7-6-16-29-18/h6-7,16-17H,2-5,8-15H2,1H3. The molecular formula is C21H31N5O2S. The molecule has 29 heavy (non-hydrogen) atoms. The number of amides is 1. The minimum atomic E-state index is 0.00400. The molecule has 2 aromatic heterocycles. The van der Waals surface area contributed by atoms with Crippen molar-refractivity contribution in [3.8, 4) is 10.7 Å². The van der Waals surface area contributed by atoms with E-state index in [4.69, 9.17) is 4.52 Å². The third kappa shape index (κ3) is 5.24. The van der Waals surface area contributed by atoms with Crippen LogP contribution in [-0.2, 0) is 11.2 Å². The van der Waals surface area contributed by atoms with Crippen LogP contribution in [0.4, 0.5) is 0 Å². The van der Waals surface area contributed by atoms with Gasteiger partial charge in [0.25, 0.3) is 0 Å². The molecule has 2 aromatic rings. The fourth-order valence-electron chi connectivity index (χ4n) is 4.23. The first-order valence-electron chi connectivity index (χ1n) is 10.8. The molecule has 8 heteroatoms. The predicted molar refractivity (Wildman–Crippen MR) is 114 cm³/mol. The van der Waals surface area contributed by atoms with Crippen molar-refractivity contribution in [2.75, 3.05) is 45.8 Å². The van der Waals surface area contributed by atoms with Crippen molar-refractivity contribution >= 4 is 17.2 Å². The molecule has 4 heterocycles. The van der Waals surface area contributed by atoms with E-state index in [9.17, 15) is 4.79 Å². The third-order valence-electron chi connectivity index (χ3n) is 6.05. The summed E-state index contributed by atoms with van der Waals surface area (Å²) in [5.41, 5.74) is 0. The van der Waals surface area contributed by atoms with E-state index in [0.717, 1.165) is 76.4 Å². The molecular weight excluding hydrogens is 386 g/mol. The molecule has 2 aliphatic heterocycles. The zero-order valence-electron chi connectivity index (χ0n) is 17.3. The van der Waals surface area contributed by atoms with E-state index in [1.54, 1.807) is 11.3 Å². The van der Waals surface area contributed by atoms with Gasteiger partial charge in [-0.15, -0.1) is 11.3 Å². The summed E-state index contributed by atoms with van der Waals surface area (Å²) in [5.74, 6) is 1.72. The molecule has 1 atom stereocenters. The summed E-state index contributed by atoms with van der Waals surface area (Å²) in [7, 11) is 0. The topological polar surface area (TPSA) is 65.7 Å². The van der Waals surface area contributed by atoms with Gasteiger partial charge in [-0.05, 0) is 50.6 Å². The molecule has 0 spiro atoms. The maximum Gasteiger partial charge on any atom is 0.239 e. The highest BCUT2D eigenvalue weighted by Crippen LogP contribution is 2.21. The first kappa shape index (κ1) is 20.5. The van der Waals surface area contributed by atoms with Gasteiger partial charge in [0, 0.05) is 45.7 Å². The van der Waals surface area contributed by atoms with Crippen LogP contribution in [0.2, 0.25) is 0 Å². The molecule has 4 rings (SSSR count). The molecule has 2 fully saturated rings. The first-order valence-corrected chi connectivity index (χ1v) is 11.7. The number of thiophene rings is 1. The number of piperidine rings is 1. The Labute approximate surface area is 176 Å². The van der Waals surface area contributed by atoms with Gasteiger partial charge in [0.05, 0.1) is 10.9 Å². The molecule has 0 aliphatic carbocycles. The highest BCUT2D eigenvalue weighted by Gasteiger charge is 2.29. The Hall–Kier alpha value is -1.77. The fraction of sp³-hybridized carbons (Fsp3) is 0.667. The van der Waals surface area contributed by atoms with Crippen LogP contribution in [0.25, 0.3) is 10.7 Å². The lowest BCUT2D eigenvalue weighted by atomic mass is 10.1. The van der Waals surface area contributed by atoms with Crippen molar-refractivity contribution in [3.63, 3.8) is 0 Å². The van der Waals surface area contributed by atoms with Crippen molar-refractivity contribution in [2.45, 2.75) is 45.1 Å². The SMILES string of the molecule is CC(C(=O)N1CCCCC1)N1CCN(CCCc2nc(-c3cccs3)no2)CC1. The zero-order chi connectivity index (χ0) is 20.1. The Morgan fingerprint density at radius 2 is 1.97 bits per heavy atom. The summed E-state index contributed by atoms with van der Waals surface area (Å²) < 4.78 is 5.39. The number of carbonyl (C=O) groups is 1. The summed E-state index contributed by atoms with van der Waals surface area (Å²) in [6.07, 6.45) is 5.38. The monoisotopic (exact) mass is 417 g/mol. The summed E-state index contributed by atoms with van der Waals surface area (Å²) in [6.45, 7) is 8.93. The van der Waals surface area contributed by atoms with E-state index in [0.29, 0.717) is 17.6 Å². The number of hydrogen-bond donors (Lipinski definition) is 0. The molecule has 1 amide bonds. The van der Waals surface area contributed by atoms with Crippen LogP contribution >= 0.6 is 11.3 Å². The average molecular weight is 418 g/mol. The second-order valence-corrected chi connectivity index (χ2v) is 8.98. The number of nitrogens with zero attached hydrogens (tertiary/aromatic N) is 5. The van der Waals surface area contributed by atoms with Crippen LogP contribution in [0.3, 0.4) is 0 Å². The van der Waals surface area contributed by atoms with Crippen LogP contribution in [0, 0.1) is 0 Å². The highest BCUT2D eigenvalue weighted by molar-refractivity contribution is 7.13. The van der Waals surface area contributed by atoms with Crippen molar-refractivity contribution in [2.24, 2.45) is 0 Å². The maximum absolute atomic E-state index is 12.7. The van der Waals surface area contributed by atoms with E-state index >= 15 is 0 Å². The summed E-state index contributed by atoms with van der Waals surface area (Å²) in [5, 5.41) is 6.10. The molecule has 2 aliphatic rings. The number of carbonyl (C=O) groups excluding carboxylic acids is 1. The Morgan fingerprint density at radius 3 is 2.69 bits per heavy atom. The number of hydrogen-bond acceptors (Lipinski definition) is 7. The van der Waals surface area contributed by atoms with Gasteiger partial charge in [0.1, 0.15) is 0 Å². The number of likely N-dealkylation sites (tertiary alicyclic amines) is 1. The Balaban J connectivity index is 1.17. The number of aryl methyl sites for hydroxylation is 1. The van der Waals surface area contributed by atoms with Crippen molar-refractivity contribution in [1.29, 1.82) is 0 Å². The van der Waals surface area contributed by atoms with Gasteiger partial charge in [-0.25, -0.2) is 0 Å². The van der Waals surface area contributed by atoms with Gasteiger partial charge in [0.2, 0.25) is 17.6 Å². The van der Waals surface area contributed by atoms with Crippen molar-refractivity contribution in [1.82, 2.24) is 24.8 Å². The van der Waals surface area contributed by atoms with E-state index < -0.39 is 0 Å². The van der Waals surface area contributed by atoms with Crippen molar-refractivity contribution in [3.05, 3.63) is 23.4 Å². The van der Waals surface area contributed by atoms with Crippen LogP contribution in [0.1, 0.15) is 38.5 Å². The molecule has 0 saturated carbocycles. The Kier molecular flexibility index (Phi) is 6.94. The Bertz CT molecular complexity index is 764. The van der Waals surface area contributed by atoms with E-state index in [-0.39, 0.29) is 6.04 Å². The normalized spacial score (nSPS) is 20.1. The van der Waals surface area contributed by atoms with Gasteiger partial charge in [-0.1, -0.05) is 11.2 Å². The van der Waals surface area contributed by atoms with Crippen LogP contribution < -0.4 is 0 Å². The molecule has 7 nitrogen and oxygen atoms in total. The molecule has 0 N–H and O–H groups in total. The average Bonchev–Trinajstić information content (AvgIpc) is 3.46. The molecule has 1 unspecified atom stereocenters. The third-order valence-corrected chi connectivity index (χ3v) is 6.92. The Morgan fingerprint density at radius 1 is 1.17 bits per heavy atom. The van der Waals surface area contributed by atoms with E-state index in [1.165, 1.54) is 6.42 Å². The lowest BCUT2D eigenvalue weighted by Crippen LogP contribution is -2.55. The predicted octanol–water partition coefficient (Wildman–Crippen LogP) is 2.75. The minimum absolute atomic E-state index is 0.00400. The molecule has 2 saturated heterocycles. The van der Waals surface area contributed by atoms with Gasteiger partial charge in [-0.2, -0.15) is 4.98 Å². The van der Waals surface area contributed by atoms with Crippen molar-refractivity contribution < 1.29 is 9.32 Å². The number of rotatable bonds is 7. The van der Waals surface area contributed by atoms with Crippen LogP contribution in [0.15, 0.2) is 22.0 Å². The molecule has 0 aromatic carbocycles. The largest absolute Gasteiger partial charge is 0.341 e. The first-order chi connectivity index (χ1) is 14.2. The number of piperazine rings is 1. The molecule has 158 valence electrons. The van der Waals surface area contributed by atoms with Crippen LogP contribution in [0.5, 0.6) is 0 Å². The van der Waals surface area contributed by atoms with Gasteiger partial charge >= 0.3 is 0 Å². The number of aromatic nitrogens is 2. The highest BCUT2D eigenvalue weighted by atomic mass is 32.1. The lowest BCUT2D eigenvalue weighted by Gasteiger charge is -2.39. The summed E-state index contributed by atoms with van der Waals surface area (Å²) in [4.78, 5) is 25.2. The quantitative estimate of drug-likeness (QED) is 0.690. The molecule has 0 bridgehead atoms. The summed E-state index contributed by atoms with van der Waals surface area (Å²) >= 11 is 1.62. The van der Waals surface area contributed by atoms with E-state index in [2.05, 4.69) is 31.8 Å². The van der Waals surface area contributed by atoms with Crippen LogP contribution in [-0.4, -0.2) is 82.6 Å². The zero-order valence-corrected chi connectivity index (χ0v) is 18.1. The molecule has 0 radical (unpaired) electrons. The minimum Gasteiger partial charge on any atom is -0.341 e. The summed E-state index contributed by atoms with van der Waals surface area (Å²) in [6, 6.07) is 4.01. The smallest absolute Gasteiger partial charge is 0.239 e. The second kappa shape index (κ2) is 9.82. The van der Waals surface area contributed by atoms with Gasteiger partial charge < -0.3 is 14.3 Å². The second-order valence-electron chi connectivity index (χ2n) is 8.03. The van der Waals surface area contributed by atoms with E-state index in [1.807, 2.05) is 17.5 Å². The lowest BCUT2D eigenvalue weighted by molar-refractivity contribution is -0.138. The fourth-order valence-corrected chi connectivity index (χ4v) is 4.87. The maximum atomic E-state index is 12.7.